The molecule has 0 radical (unpaired) electrons. The summed E-state index contributed by atoms with van der Waals surface area (Å²) in [6.45, 7) is 8.52. The van der Waals surface area contributed by atoms with Crippen molar-refractivity contribution in [2.45, 2.75) is 51.2 Å². The molecule has 0 aromatic rings. The van der Waals surface area contributed by atoms with Crippen LogP contribution in [-0.2, 0) is 0 Å². The van der Waals surface area contributed by atoms with Crippen LogP contribution in [0.15, 0.2) is 0 Å². The van der Waals surface area contributed by atoms with Crippen LogP contribution in [-0.4, -0.2) is 47.8 Å². The van der Waals surface area contributed by atoms with Crippen LogP contribution >= 0.6 is 0 Å². The molecular weight excluding hydrogens is 200 g/mol. The van der Waals surface area contributed by atoms with Crippen LogP contribution in [0.2, 0.25) is 0 Å². The smallest absolute Gasteiger partial charge is 0.0746 e. The van der Waals surface area contributed by atoms with E-state index in [9.17, 15) is 5.11 Å². The van der Waals surface area contributed by atoms with Gasteiger partial charge in [0.2, 0.25) is 0 Å². The third-order valence-electron chi connectivity index (χ3n) is 3.66. The van der Waals surface area contributed by atoms with Gasteiger partial charge in [-0.05, 0) is 51.6 Å². The molecule has 2 fully saturated rings. The zero-order valence-corrected chi connectivity index (χ0v) is 10.7. The number of nitrogens with zero attached hydrogens (tertiary/aromatic N) is 1. The van der Waals surface area contributed by atoms with Gasteiger partial charge in [0.05, 0.1) is 5.60 Å². The first-order valence-electron chi connectivity index (χ1n) is 6.73. The number of hydrogen-bond acceptors (Lipinski definition) is 3. The van der Waals surface area contributed by atoms with Crippen LogP contribution < -0.4 is 5.32 Å². The van der Waals surface area contributed by atoms with Gasteiger partial charge in [-0.25, -0.2) is 0 Å². The van der Waals surface area contributed by atoms with Crippen LogP contribution in [0.5, 0.6) is 0 Å². The van der Waals surface area contributed by atoms with Gasteiger partial charge in [0.1, 0.15) is 0 Å². The Bertz CT molecular complexity index is 226. The van der Waals surface area contributed by atoms with Crippen molar-refractivity contribution in [3.63, 3.8) is 0 Å². The minimum Gasteiger partial charge on any atom is -0.389 e. The predicted octanol–water partition coefficient (Wildman–Crippen LogP) is 1.22. The molecule has 3 nitrogen and oxygen atoms in total. The number of likely N-dealkylation sites (tertiary alicyclic amines) is 1. The molecule has 2 N–H and O–H groups in total. The topological polar surface area (TPSA) is 35.5 Å². The van der Waals surface area contributed by atoms with Crippen LogP contribution in [0.4, 0.5) is 0 Å². The summed E-state index contributed by atoms with van der Waals surface area (Å²) in [6, 6.07) is 0.812. The minimum atomic E-state index is -0.456. The van der Waals surface area contributed by atoms with Gasteiger partial charge < -0.3 is 15.3 Å². The Kier molecular flexibility index (Phi) is 3.88. The molecule has 16 heavy (non-hydrogen) atoms. The number of piperidine rings is 1. The maximum Gasteiger partial charge on any atom is 0.0746 e. The SMILES string of the molecule is CC(CNC1CC1)CN1CCCC(C)(O)C1. The van der Waals surface area contributed by atoms with Gasteiger partial charge in [-0.3, -0.25) is 0 Å². The van der Waals surface area contributed by atoms with Crippen LogP contribution in [0, 0.1) is 5.92 Å². The molecule has 1 aliphatic heterocycles. The second-order valence-corrected chi connectivity index (χ2v) is 6.12. The molecule has 1 heterocycles. The minimum absolute atomic E-state index is 0.456. The summed E-state index contributed by atoms with van der Waals surface area (Å²) in [5.41, 5.74) is -0.456. The maximum atomic E-state index is 10.0. The normalized spacial score (nSPS) is 33.9. The lowest BCUT2D eigenvalue weighted by molar-refractivity contribution is -0.0191. The highest BCUT2D eigenvalue weighted by Crippen LogP contribution is 2.21. The average molecular weight is 226 g/mol. The van der Waals surface area contributed by atoms with Crippen molar-refractivity contribution in [3.8, 4) is 0 Å². The first-order chi connectivity index (χ1) is 7.55. The van der Waals surface area contributed by atoms with E-state index in [1.807, 2.05) is 6.92 Å². The van der Waals surface area contributed by atoms with E-state index in [1.165, 1.54) is 12.8 Å². The Balaban J connectivity index is 1.66. The second kappa shape index (κ2) is 5.03. The van der Waals surface area contributed by atoms with E-state index in [4.69, 9.17) is 0 Å². The van der Waals surface area contributed by atoms with Crippen LogP contribution in [0.1, 0.15) is 39.5 Å². The van der Waals surface area contributed by atoms with Gasteiger partial charge in [-0.2, -0.15) is 0 Å². The zero-order valence-electron chi connectivity index (χ0n) is 10.7. The Morgan fingerprint density at radius 2 is 2.25 bits per heavy atom. The molecule has 2 atom stereocenters. The van der Waals surface area contributed by atoms with Crippen molar-refractivity contribution in [2.75, 3.05) is 26.2 Å². The third kappa shape index (κ3) is 4.04. The molecule has 0 amide bonds. The van der Waals surface area contributed by atoms with E-state index in [0.29, 0.717) is 5.92 Å². The third-order valence-corrected chi connectivity index (χ3v) is 3.66. The van der Waals surface area contributed by atoms with Crippen LogP contribution in [0.25, 0.3) is 0 Å². The molecule has 2 unspecified atom stereocenters. The van der Waals surface area contributed by atoms with E-state index < -0.39 is 5.60 Å². The Morgan fingerprint density at radius 1 is 1.50 bits per heavy atom. The van der Waals surface area contributed by atoms with Crippen LogP contribution in [0.3, 0.4) is 0 Å². The number of β-amino-alcohol motifs (C(OH)–C–C–N with tert-alkyl or cyclic N) is 1. The maximum absolute atomic E-state index is 10.0. The van der Waals surface area contributed by atoms with Gasteiger partial charge in [0.15, 0.2) is 0 Å². The monoisotopic (exact) mass is 226 g/mol. The van der Waals surface area contributed by atoms with Crippen molar-refractivity contribution < 1.29 is 5.11 Å². The number of rotatable bonds is 5. The van der Waals surface area contributed by atoms with Crippen molar-refractivity contribution in [2.24, 2.45) is 5.92 Å². The van der Waals surface area contributed by atoms with Crippen molar-refractivity contribution in [1.29, 1.82) is 0 Å². The van der Waals surface area contributed by atoms with Gasteiger partial charge >= 0.3 is 0 Å². The van der Waals surface area contributed by atoms with E-state index in [-0.39, 0.29) is 0 Å². The fourth-order valence-corrected chi connectivity index (χ4v) is 2.64. The molecule has 0 aromatic heterocycles. The molecule has 1 aliphatic carbocycles. The summed E-state index contributed by atoms with van der Waals surface area (Å²) in [7, 11) is 0. The van der Waals surface area contributed by atoms with Crippen molar-refractivity contribution >= 4 is 0 Å². The highest BCUT2D eigenvalue weighted by Gasteiger charge is 2.29. The first kappa shape index (κ1) is 12.3. The molecule has 0 bridgehead atoms. The number of nitrogens with one attached hydrogen (secondary N) is 1. The fourth-order valence-electron chi connectivity index (χ4n) is 2.64. The quantitative estimate of drug-likeness (QED) is 0.740. The molecule has 1 saturated carbocycles. The largest absolute Gasteiger partial charge is 0.389 e. The molecule has 3 heteroatoms. The molecule has 0 aromatic carbocycles. The number of aliphatic hydroxyl groups is 1. The van der Waals surface area contributed by atoms with E-state index >= 15 is 0 Å². The lowest BCUT2D eigenvalue weighted by atomic mass is 9.94. The van der Waals surface area contributed by atoms with Gasteiger partial charge in [-0.1, -0.05) is 6.92 Å². The predicted molar refractivity (Wildman–Crippen MR) is 66.5 cm³/mol. The van der Waals surface area contributed by atoms with Gasteiger partial charge in [0, 0.05) is 19.1 Å². The first-order valence-corrected chi connectivity index (χ1v) is 6.73. The summed E-state index contributed by atoms with van der Waals surface area (Å²) in [5.74, 6) is 0.689. The summed E-state index contributed by atoms with van der Waals surface area (Å²) >= 11 is 0. The second-order valence-electron chi connectivity index (χ2n) is 6.12. The Morgan fingerprint density at radius 3 is 2.88 bits per heavy atom. The molecular formula is C13H26N2O. The van der Waals surface area contributed by atoms with Gasteiger partial charge in [-0.15, -0.1) is 0 Å². The summed E-state index contributed by atoms with van der Waals surface area (Å²) in [4.78, 5) is 2.42. The average Bonchev–Trinajstić information content (AvgIpc) is 2.96. The lowest BCUT2D eigenvalue weighted by Gasteiger charge is -2.38. The highest BCUT2D eigenvalue weighted by molar-refractivity contribution is 4.85. The summed E-state index contributed by atoms with van der Waals surface area (Å²) in [6.07, 6.45) is 4.82. The zero-order chi connectivity index (χ0) is 11.6. The highest BCUT2D eigenvalue weighted by atomic mass is 16.3. The van der Waals surface area contributed by atoms with E-state index in [0.717, 1.165) is 45.1 Å². The van der Waals surface area contributed by atoms with Gasteiger partial charge in [0.25, 0.3) is 0 Å². The molecule has 2 rings (SSSR count). The van der Waals surface area contributed by atoms with E-state index in [1.54, 1.807) is 0 Å². The molecule has 1 saturated heterocycles. The standard InChI is InChI=1S/C13H26N2O/c1-11(8-14-12-4-5-12)9-15-7-3-6-13(2,16)10-15/h11-12,14,16H,3-10H2,1-2H3. The molecule has 2 aliphatic rings. The summed E-state index contributed by atoms with van der Waals surface area (Å²) < 4.78 is 0. The molecule has 94 valence electrons. The molecule has 0 spiro atoms. The fraction of sp³-hybridized carbons (Fsp3) is 1.00. The number of hydrogen-bond donors (Lipinski definition) is 2. The summed E-state index contributed by atoms with van der Waals surface area (Å²) in [5, 5.41) is 13.6. The van der Waals surface area contributed by atoms with E-state index in [2.05, 4.69) is 17.1 Å². The van der Waals surface area contributed by atoms with Crippen molar-refractivity contribution in [3.05, 3.63) is 0 Å². The Hall–Kier alpha value is -0.120. The van der Waals surface area contributed by atoms with Crippen molar-refractivity contribution in [1.82, 2.24) is 10.2 Å². The lowest BCUT2D eigenvalue weighted by Crippen LogP contribution is -2.48. The Labute approximate surface area is 99.2 Å².